The minimum absolute atomic E-state index is 0.100. The van der Waals surface area contributed by atoms with E-state index in [-0.39, 0.29) is 23.2 Å². The van der Waals surface area contributed by atoms with Crippen LogP contribution in [0.1, 0.15) is 36.0 Å². The van der Waals surface area contributed by atoms with Crippen molar-refractivity contribution < 1.29 is 18.7 Å². The quantitative estimate of drug-likeness (QED) is 0.933. The lowest BCUT2D eigenvalue weighted by atomic mass is 10.2. The molecule has 2 aliphatic rings. The molecule has 1 saturated heterocycles. The van der Waals surface area contributed by atoms with Crippen molar-refractivity contribution in [3.63, 3.8) is 0 Å². The summed E-state index contributed by atoms with van der Waals surface area (Å²) in [4.78, 5) is 12.0. The van der Waals surface area contributed by atoms with E-state index in [4.69, 9.17) is 21.1 Å². The van der Waals surface area contributed by atoms with Crippen LogP contribution >= 0.6 is 11.6 Å². The van der Waals surface area contributed by atoms with E-state index in [1.54, 1.807) is 0 Å². The number of carbonyl (C=O) groups is 1. The molecule has 1 spiro atoms. The Kier molecular flexibility index (Phi) is 4.15. The lowest BCUT2D eigenvalue weighted by molar-refractivity contribution is -0.161. The van der Waals surface area contributed by atoms with Crippen LogP contribution in [0.3, 0.4) is 0 Å². The van der Waals surface area contributed by atoms with Gasteiger partial charge < -0.3 is 14.8 Å². The summed E-state index contributed by atoms with van der Waals surface area (Å²) >= 11 is 5.86. The number of ether oxygens (including phenoxy) is 2. The molecular weight excluding hydrogens is 297 g/mol. The molecule has 0 unspecified atom stereocenters. The first-order chi connectivity index (χ1) is 10.1. The summed E-state index contributed by atoms with van der Waals surface area (Å²) in [7, 11) is 0. The second-order valence-electron chi connectivity index (χ2n) is 5.48. The molecule has 1 N–H and O–H groups in total. The molecule has 4 nitrogen and oxygen atoms in total. The number of benzene rings is 1. The van der Waals surface area contributed by atoms with E-state index in [2.05, 4.69) is 5.32 Å². The first-order valence-corrected chi connectivity index (χ1v) is 7.51. The predicted octanol–water partition coefficient (Wildman–Crippen LogP) is 2.89. The van der Waals surface area contributed by atoms with Crippen LogP contribution in [0.25, 0.3) is 0 Å². The Hall–Kier alpha value is -1.17. The fourth-order valence-corrected chi connectivity index (χ4v) is 3.15. The van der Waals surface area contributed by atoms with Crippen LogP contribution in [-0.4, -0.2) is 30.9 Å². The van der Waals surface area contributed by atoms with Gasteiger partial charge in [0.25, 0.3) is 5.91 Å². The van der Waals surface area contributed by atoms with Gasteiger partial charge in [0.2, 0.25) is 0 Å². The molecule has 1 atom stereocenters. The topological polar surface area (TPSA) is 47.6 Å². The normalized spacial score (nSPS) is 23.6. The molecule has 1 amide bonds. The molecule has 21 heavy (non-hydrogen) atoms. The van der Waals surface area contributed by atoms with Gasteiger partial charge in [-0.3, -0.25) is 4.79 Å². The Bertz CT molecular complexity index is 525. The van der Waals surface area contributed by atoms with Crippen LogP contribution in [0.5, 0.6) is 0 Å². The van der Waals surface area contributed by atoms with Crippen LogP contribution in [0.15, 0.2) is 18.2 Å². The first kappa shape index (κ1) is 14.8. The second kappa shape index (κ2) is 5.91. The summed E-state index contributed by atoms with van der Waals surface area (Å²) in [5, 5.41) is 2.76. The fraction of sp³-hybridized carbons (Fsp3) is 0.533. The molecule has 0 radical (unpaired) electrons. The summed E-state index contributed by atoms with van der Waals surface area (Å²) in [6.45, 7) is 0.733. The van der Waals surface area contributed by atoms with Crippen molar-refractivity contribution in [2.75, 3.05) is 13.2 Å². The average Bonchev–Trinajstić information content (AvgIpc) is 3.07. The number of carbonyl (C=O) groups excluding carboxylic acids is 1. The Morgan fingerprint density at radius 1 is 1.43 bits per heavy atom. The molecule has 114 valence electrons. The third-order valence-electron chi connectivity index (χ3n) is 3.96. The number of hydrogen-bond acceptors (Lipinski definition) is 3. The summed E-state index contributed by atoms with van der Waals surface area (Å²) in [6.07, 6.45) is 3.80. The minimum Gasteiger partial charge on any atom is -0.349 e. The van der Waals surface area contributed by atoms with Gasteiger partial charge in [-0.05, 0) is 25.0 Å². The van der Waals surface area contributed by atoms with Crippen molar-refractivity contribution in [2.45, 2.75) is 37.6 Å². The van der Waals surface area contributed by atoms with Gasteiger partial charge in [-0.15, -0.1) is 0 Å². The summed E-state index contributed by atoms with van der Waals surface area (Å²) < 4.78 is 25.3. The maximum absolute atomic E-state index is 13.6. The Morgan fingerprint density at radius 3 is 2.90 bits per heavy atom. The van der Waals surface area contributed by atoms with Crippen LogP contribution in [0.4, 0.5) is 4.39 Å². The Labute approximate surface area is 127 Å². The molecule has 6 heteroatoms. The van der Waals surface area contributed by atoms with Gasteiger partial charge in [0.1, 0.15) is 11.9 Å². The third kappa shape index (κ3) is 3.05. The molecule has 2 fully saturated rings. The van der Waals surface area contributed by atoms with E-state index in [1.165, 1.54) is 18.2 Å². The molecule has 3 rings (SSSR count). The predicted molar refractivity (Wildman–Crippen MR) is 75.8 cm³/mol. The standard InChI is InChI=1S/C15H17ClFNO3/c16-11-4-3-5-12(17)13(11)14(19)18-8-10-9-20-15(21-10)6-1-2-7-15/h3-5,10H,1-2,6-9H2,(H,18,19)/t10-/m1/s1. The fourth-order valence-electron chi connectivity index (χ4n) is 2.90. The first-order valence-electron chi connectivity index (χ1n) is 7.14. The molecule has 1 aliphatic heterocycles. The van der Waals surface area contributed by atoms with Gasteiger partial charge in [0, 0.05) is 19.4 Å². The van der Waals surface area contributed by atoms with Gasteiger partial charge in [-0.1, -0.05) is 17.7 Å². The lowest BCUT2D eigenvalue weighted by Crippen LogP contribution is -2.35. The van der Waals surface area contributed by atoms with Gasteiger partial charge in [-0.25, -0.2) is 4.39 Å². The molecule has 1 heterocycles. The highest BCUT2D eigenvalue weighted by molar-refractivity contribution is 6.33. The van der Waals surface area contributed by atoms with E-state index in [0.29, 0.717) is 6.61 Å². The number of rotatable bonds is 3. The minimum atomic E-state index is -0.629. The van der Waals surface area contributed by atoms with Crippen molar-refractivity contribution in [3.05, 3.63) is 34.6 Å². The molecule has 0 bridgehead atoms. The number of amides is 1. The molecule has 1 aromatic rings. The SMILES string of the molecule is O=C(NC[C@@H]1COC2(CCCC2)O1)c1c(F)cccc1Cl. The number of hydrogen-bond donors (Lipinski definition) is 1. The van der Waals surface area contributed by atoms with Crippen LogP contribution in [-0.2, 0) is 9.47 Å². The van der Waals surface area contributed by atoms with Crippen molar-refractivity contribution in [2.24, 2.45) is 0 Å². The average molecular weight is 314 g/mol. The summed E-state index contributed by atoms with van der Waals surface area (Å²) in [6, 6.07) is 4.16. The zero-order chi connectivity index (χ0) is 14.9. The van der Waals surface area contributed by atoms with Gasteiger partial charge in [0.05, 0.1) is 17.2 Å². The zero-order valence-corrected chi connectivity index (χ0v) is 12.3. The van der Waals surface area contributed by atoms with Crippen molar-refractivity contribution in [1.29, 1.82) is 0 Å². The summed E-state index contributed by atoms with van der Waals surface area (Å²) in [5.74, 6) is -1.62. The maximum Gasteiger partial charge on any atom is 0.255 e. The highest BCUT2D eigenvalue weighted by Crippen LogP contribution is 2.39. The van der Waals surface area contributed by atoms with Crippen LogP contribution < -0.4 is 5.32 Å². The Balaban J connectivity index is 1.57. The van der Waals surface area contributed by atoms with Gasteiger partial charge >= 0.3 is 0 Å². The second-order valence-corrected chi connectivity index (χ2v) is 5.88. The van der Waals surface area contributed by atoms with E-state index in [1.807, 2.05) is 0 Å². The molecule has 0 aromatic heterocycles. The largest absolute Gasteiger partial charge is 0.349 e. The van der Waals surface area contributed by atoms with Crippen molar-refractivity contribution >= 4 is 17.5 Å². The van der Waals surface area contributed by atoms with Crippen LogP contribution in [0, 0.1) is 5.82 Å². The van der Waals surface area contributed by atoms with Crippen molar-refractivity contribution in [1.82, 2.24) is 5.32 Å². The number of halogens is 2. The smallest absolute Gasteiger partial charge is 0.255 e. The number of nitrogens with one attached hydrogen (secondary N) is 1. The maximum atomic E-state index is 13.6. The van der Waals surface area contributed by atoms with Gasteiger partial charge in [0.15, 0.2) is 5.79 Å². The zero-order valence-electron chi connectivity index (χ0n) is 11.5. The lowest BCUT2D eigenvalue weighted by Gasteiger charge is -2.22. The van der Waals surface area contributed by atoms with Gasteiger partial charge in [-0.2, -0.15) is 0 Å². The monoisotopic (exact) mass is 313 g/mol. The van der Waals surface area contributed by atoms with E-state index in [9.17, 15) is 9.18 Å². The highest BCUT2D eigenvalue weighted by atomic mass is 35.5. The van der Waals surface area contributed by atoms with E-state index >= 15 is 0 Å². The summed E-state index contributed by atoms with van der Waals surface area (Å²) in [5.41, 5.74) is -0.131. The molecule has 1 aromatic carbocycles. The third-order valence-corrected chi connectivity index (χ3v) is 4.27. The Morgan fingerprint density at radius 2 is 2.19 bits per heavy atom. The van der Waals surface area contributed by atoms with Crippen LogP contribution in [0.2, 0.25) is 5.02 Å². The van der Waals surface area contributed by atoms with E-state index < -0.39 is 17.5 Å². The van der Waals surface area contributed by atoms with Crippen molar-refractivity contribution in [3.8, 4) is 0 Å². The highest BCUT2D eigenvalue weighted by Gasteiger charge is 2.43. The molecule has 1 aliphatic carbocycles. The molecular formula is C15H17ClFNO3. The van der Waals surface area contributed by atoms with E-state index in [0.717, 1.165) is 25.7 Å². The molecule has 1 saturated carbocycles.